The van der Waals surface area contributed by atoms with Crippen LogP contribution in [-0.4, -0.2) is 23.7 Å². The number of carboxylic acids is 1. The molecule has 0 saturated heterocycles. The van der Waals surface area contributed by atoms with E-state index in [1.807, 2.05) is 6.07 Å². The number of ether oxygens (including phenoxy) is 1. The monoisotopic (exact) mass is 299 g/mol. The first-order valence-corrected chi connectivity index (χ1v) is 7.00. The number of rotatable bonds is 5. The summed E-state index contributed by atoms with van der Waals surface area (Å²) in [5, 5.41) is 12.2. The number of hydrogen-bond acceptors (Lipinski definition) is 3. The first-order chi connectivity index (χ1) is 9.95. The van der Waals surface area contributed by atoms with Gasteiger partial charge >= 0.3 is 12.6 Å². The van der Waals surface area contributed by atoms with Crippen LogP contribution in [0.25, 0.3) is 0 Å². The van der Waals surface area contributed by atoms with Crippen LogP contribution in [0.4, 0.5) is 14.5 Å². The molecule has 0 spiro atoms. The molecule has 1 aliphatic carbocycles. The van der Waals surface area contributed by atoms with Gasteiger partial charge in [0.2, 0.25) is 0 Å². The third-order valence-corrected chi connectivity index (χ3v) is 3.85. The van der Waals surface area contributed by atoms with Crippen LogP contribution in [0.1, 0.15) is 31.2 Å². The van der Waals surface area contributed by atoms with Crippen molar-refractivity contribution in [3.63, 3.8) is 0 Å². The van der Waals surface area contributed by atoms with E-state index in [0.29, 0.717) is 18.4 Å². The Kier molecular flexibility index (Phi) is 4.98. The van der Waals surface area contributed by atoms with E-state index < -0.39 is 12.6 Å². The Bertz CT molecular complexity index is 500. The Morgan fingerprint density at radius 1 is 1.33 bits per heavy atom. The van der Waals surface area contributed by atoms with Crippen molar-refractivity contribution in [3.8, 4) is 5.75 Å². The number of hydrogen-bond donors (Lipinski definition) is 2. The third-order valence-electron chi connectivity index (χ3n) is 3.85. The number of aliphatic carboxylic acids is 1. The molecule has 0 amide bonds. The number of carboxylic acid groups (broad SMARTS) is 1. The van der Waals surface area contributed by atoms with Crippen LogP contribution in [0.5, 0.6) is 5.75 Å². The van der Waals surface area contributed by atoms with E-state index in [1.54, 1.807) is 19.1 Å². The molecule has 1 fully saturated rings. The number of aryl methyl sites for hydroxylation is 1. The molecule has 1 saturated carbocycles. The molecule has 1 aromatic rings. The third kappa shape index (κ3) is 4.31. The molecular formula is C15H19F2NO3. The van der Waals surface area contributed by atoms with Gasteiger partial charge in [-0.05, 0) is 44.2 Å². The molecule has 0 bridgehead atoms. The maximum Gasteiger partial charge on any atom is 0.387 e. The van der Waals surface area contributed by atoms with Crippen molar-refractivity contribution in [1.29, 1.82) is 0 Å². The SMILES string of the molecule is Cc1ccc(NC2CCC(C(=O)O)CC2)cc1OC(F)F. The Labute approximate surface area is 122 Å². The minimum atomic E-state index is -2.84. The van der Waals surface area contributed by atoms with E-state index in [4.69, 9.17) is 5.11 Å². The highest BCUT2D eigenvalue weighted by Gasteiger charge is 2.25. The first kappa shape index (κ1) is 15.5. The normalized spacial score (nSPS) is 22.1. The Balaban J connectivity index is 1.96. The summed E-state index contributed by atoms with van der Waals surface area (Å²) in [6, 6.07) is 5.27. The Hall–Kier alpha value is -1.85. The molecule has 1 aromatic carbocycles. The van der Waals surface area contributed by atoms with E-state index in [9.17, 15) is 13.6 Å². The van der Waals surface area contributed by atoms with Gasteiger partial charge in [-0.3, -0.25) is 4.79 Å². The minimum Gasteiger partial charge on any atom is -0.481 e. The minimum absolute atomic E-state index is 0.161. The molecule has 2 N–H and O–H groups in total. The lowest BCUT2D eigenvalue weighted by atomic mass is 9.86. The van der Waals surface area contributed by atoms with Crippen LogP contribution in [0.3, 0.4) is 0 Å². The molecule has 0 radical (unpaired) electrons. The van der Waals surface area contributed by atoms with Crippen molar-refractivity contribution in [2.45, 2.75) is 45.3 Å². The second kappa shape index (κ2) is 6.74. The van der Waals surface area contributed by atoms with Crippen molar-refractivity contribution < 1.29 is 23.4 Å². The summed E-state index contributed by atoms with van der Waals surface area (Å²) < 4.78 is 29.1. The summed E-state index contributed by atoms with van der Waals surface area (Å²) in [5.74, 6) is -0.843. The zero-order valence-electron chi connectivity index (χ0n) is 11.8. The number of benzene rings is 1. The average molecular weight is 299 g/mol. The van der Waals surface area contributed by atoms with Gasteiger partial charge in [0.05, 0.1) is 5.92 Å². The van der Waals surface area contributed by atoms with Crippen LogP contribution in [0.2, 0.25) is 0 Å². The highest BCUT2D eigenvalue weighted by molar-refractivity contribution is 5.70. The van der Waals surface area contributed by atoms with Gasteiger partial charge in [-0.25, -0.2) is 0 Å². The summed E-state index contributed by atoms with van der Waals surface area (Å²) >= 11 is 0. The predicted molar refractivity (Wildman–Crippen MR) is 74.8 cm³/mol. The quantitative estimate of drug-likeness (QED) is 0.871. The van der Waals surface area contributed by atoms with E-state index >= 15 is 0 Å². The van der Waals surface area contributed by atoms with Gasteiger partial charge in [-0.1, -0.05) is 6.07 Å². The van der Waals surface area contributed by atoms with Gasteiger partial charge in [0, 0.05) is 17.8 Å². The van der Waals surface area contributed by atoms with Crippen LogP contribution in [0.15, 0.2) is 18.2 Å². The lowest BCUT2D eigenvalue weighted by molar-refractivity contribution is -0.142. The molecule has 0 aliphatic heterocycles. The lowest BCUT2D eigenvalue weighted by Gasteiger charge is -2.27. The molecular weight excluding hydrogens is 280 g/mol. The molecule has 4 nitrogen and oxygen atoms in total. The van der Waals surface area contributed by atoms with Crippen LogP contribution in [0, 0.1) is 12.8 Å². The fraction of sp³-hybridized carbons (Fsp3) is 0.533. The number of carbonyl (C=O) groups is 1. The van der Waals surface area contributed by atoms with Crippen molar-refractivity contribution >= 4 is 11.7 Å². The smallest absolute Gasteiger partial charge is 0.387 e. The van der Waals surface area contributed by atoms with E-state index in [-0.39, 0.29) is 17.7 Å². The van der Waals surface area contributed by atoms with E-state index in [2.05, 4.69) is 10.1 Å². The van der Waals surface area contributed by atoms with Crippen molar-refractivity contribution in [2.24, 2.45) is 5.92 Å². The topological polar surface area (TPSA) is 58.6 Å². The number of anilines is 1. The molecule has 1 aliphatic rings. The highest BCUT2D eigenvalue weighted by Crippen LogP contribution is 2.29. The van der Waals surface area contributed by atoms with Crippen molar-refractivity contribution in [1.82, 2.24) is 0 Å². The maximum atomic E-state index is 12.3. The van der Waals surface area contributed by atoms with E-state index in [1.165, 1.54) is 0 Å². The summed E-state index contributed by atoms with van der Waals surface area (Å²) in [4.78, 5) is 10.9. The Morgan fingerprint density at radius 3 is 2.57 bits per heavy atom. The predicted octanol–water partition coefficient (Wildman–Crippen LogP) is 3.65. The number of nitrogens with one attached hydrogen (secondary N) is 1. The molecule has 116 valence electrons. The molecule has 21 heavy (non-hydrogen) atoms. The molecule has 0 aromatic heterocycles. The lowest BCUT2D eigenvalue weighted by Crippen LogP contribution is -2.29. The fourth-order valence-electron chi connectivity index (χ4n) is 2.63. The van der Waals surface area contributed by atoms with E-state index in [0.717, 1.165) is 18.5 Å². The zero-order valence-corrected chi connectivity index (χ0v) is 11.8. The summed E-state index contributed by atoms with van der Waals surface area (Å²) in [6.45, 7) is -1.13. The van der Waals surface area contributed by atoms with Gasteiger partial charge in [-0.2, -0.15) is 8.78 Å². The van der Waals surface area contributed by atoms with Crippen LogP contribution >= 0.6 is 0 Å². The van der Waals surface area contributed by atoms with Gasteiger partial charge in [0.15, 0.2) is 0 Å². The van der Waals surface area contributed by atoms with Crippen LogP contribution < -0.4 is 10.1 Å². The van der Waals surface area contributed by atoms with Crippen molar-refractivity contribution in [3.05, 3.63) is 23.8 Å². The molecule has 0 heterocycles. The molecule has 6 heteroatoms. The Morgan fingerprint density at radius 2 is 2.00 bits per heavy atom. The second-order valence-electron chi connectivity index (χ2n) is 5.39. The highest BCUT2D eigenvalue weighted by atomic mass is 19.3. The fourth-order valence-corrected chi connectivity index (χ4v) is 2.63. The van der Waals surface area contributed by atoms with Gasteiger partial charge < -0.3 is 15.2 Å². The van der Waals surface area contributed by atoms with Gasteiger partial charge in [-0.15, -0.1) is 0 Å². The average Bonchev–Trinajstić information content (AvgIpc) is 2.42. The maximum absolute atomic E-state index is 12.3. The van der Waals surface area contributed by atoms with Crippen LogP contribution in [-0.2, 0) is 4.79 Å². The largest absolute Gasteiger partial charge is 0.481 e. The summed E-state index contributed by atoms with van der Waals surface area (Å²) in [6.07, 6.45) is 2.80. The van der Waals surface area contributed by atoms with Crippen molar-refractivity contribution in [2.75, 3.05) is 5.32 Å². The zero-order chi connectivity index (χ0) is 15.4. The number of halogens is 2. The standard InChI is InChI=1S/C15H19F2NO3/c1-9-2-5-12(8-13(9)21-15(16)17)18-11-6-3-10(4-7-11)14(19)20/h2,5,8,10-11,15,18H,3-4,6-7H2,1H3,(H,19,20). The second-order valence-corrected chi connectivity index (χ2v) is 5.39. The first-order valence-electron chi connectivity index (χ1n) is 7.00. The van der Waals surface area contributed by atoms with Gasteiger partial charge in [0.1, 0.15) is 5.75 Å². The molecule has 0 atom stereocenters. The molecule has 2 rings (SSSR count). The summed E-state index contributed by atoms with van der Waals surface area (Å²) in [7, 11) is 0. The summed E-state index contributed by atoms with van der Waals surface area (Å²) in [5.41, 5.74) is 1.37. The van der Waals surface area contributed by atoms with Gasteiger partial charge in [0.25, 0.3) is 0 Å². The molecule has 0 unspecified atom stereocenters. The number of alkyl halides is 2.